The van der Waals surface area contributed by atoms with E-state index in [0.717, 1.165) is 18.0 Å². The van der Waals surface area contributed by atoms with Gasteiger partial charge in [-0.15, -0.1) is 0 Å². The number of likely N-dealkylation sites (tertiary alicyclic amines) is 1. The number of phenolic OH excluding ortho intramolecular Hbond substituents is 1. The van der Waals surface area contributed by atoms with Crippen molar-refractivity contribution in [1.29, 1.82) is 0 Å². The molecule has 0 bridgehead atoms. The molecule has 2 nitrogen and oxygen atoms in total. The average Bonchev–Trinajstić information content (AvgIpc) is 2.34. The minimum Gasteiger partial charge on any atom is -0.508 e. The van der Waals surface area contributed by atoms with Gasteiger partial charge in [0.2, 0.25) is 0 Å². The molecule has 1 heterocycles. The van der Waals surface area contributed by atoms with Gasteiger partial charge in [0, 0.05) is 29.2 Å². The van der Waals surface area contributed by atoms with Crippen LogP contribution in [0.25, 0.3) is 0 Å². The molecule has 3 atom stereocenters. The fraction of sp³-hybridized carbons (Fsp3) is 0.600. The van der Waals surface area contributed by atoms with E-state index in [9.17, 15) is 5.11 Å². The van der Waals surface area contributed by atoms with E-state index in [4.69, 9.17) is 11.6 Å². The first kappa shape index (κ1) is 13.7. The predicted molar refractivity (Wildman–Crippen MR) is 76.1 cm³/mol. The predicted octanol–water partition coefficient (Wildman–Crippen LogP) is 4.23. The van der Waals surface area contributed by atoms with Crippen LogP contribution in [0.5, 0.6) is 5.75 Å². The maximum absolute atomic E-state index is 10.0. The van der Waals surface area contributed by atoms with Crippen LogP contribution in [-0.2, 0) is 0 Å². The standard InChI is InChI=1S/C15H22ClNO/c1-10-4-5-11(2)17(9-10)12(3)14-8-13(16)6-7-15(14)18/h6-8,10-12,18H,4-5,9H2,1-3H3. The van der Waals surface area contributed by atoms with Crippen LogP contribution >= 0.6 is 11.6 Å². The van der Waals surface area contributed by atoms with Crippen molar-refractivity contribution < 1.29 is 5.11 Å². The quantitative estimate of drug-likeness (QED) is 0.867. The zero-order valence-corrected chi connectivity index (χ0v) is 12.1. The first-order chi connectivity index (χ1) is 8.49. The van der Waals surface area contributed by atoms with Crippen LogP contribution in [0.1, 0.15) is 45.2 Å². The van der Waals surface area contributed by atoms with E-state index in [0.29, 0.717) is 16.8 Å². The summed E-state index contributed by atoms with van der Waals surface area (Å²) in [5.41, 5.74) is 0.934. The molecule has 0 radical (unpaired) electrons. The topological polar surface area (TPSA) is 23.5 Å². The third-order valence-electron chi connectivity index (χ3n) is 4.10. The lowest BCUT2D eigenvalue weighted by Gasteiger charge is -2.41. The molecule has 3 unspecified atom stereocenters. The fourth-order valence-corrected chi connectivity index (χ4v) is 3.08. The van der Waals surface area contributed by atoms with Gasteiger partial charge in [0.25, 0.3) is 0 Å². The van der Waals surface area contributed by atoms with Gasteiger partial charge < -0.3 is 5.11 Å². The second kappa shape index (κ2) is 5.50. The Morgan fingerprint density at radius 3 is 2.78 bits per heavy atom. The van der Waals surface area contributed by atoms with Crippen molar-refractivity contribution in [2.75, 3.05) is 6.54 Å². The van der Waals surface area contributed by atoms with Crippen LogP contribution in [0.4, 0.5) is 0 Å². The molecule has 0 aromatic heterocycles. The Morgan fingerprint density at radius 2 is 2.06 bits per heavy atom. The smallest absolute Gasteiger partial charge is 0.120 e. The van der Waals surface area contributed by atoms with Crippen molar-refractivity contribution in [2.24, 2.45) is 5.92 Å². The molecule has 100 valence electrons. The van der Waals surface area contributed by atoms with Gasteiger partial charge in [-0.1, -0.05) is 18.5 Å². The molecule has 3 heteroatoms. The largest absolute Gasteiger partial charge is 0.508 e. The highest BCUT2D eigenvalue weighted by atomic mass is 35.5. The summed E-state index contributed by atoms with van der Waals surface area (Å²) in [4.78, 5) is 2.47. The molecule has 0 saturated carbocycles. The van der Waals surface area contributed by atoms with E-state index in [-0.39, 0.29) is 6.04 Å². The Labute approximate surface area is 115 Å². The Morgan fingerprint density at radius 1 is 1.33 bits per heavy atom. The number of benzene rings is 1. The molecule has 0 aliphatic carbocycles. The van der Waals surface area contributed by atoms with Gasteiger partial charge in [0.1, 0.15) is 5.75 Å². The van der Waals surface area contributed by atoms with E-state index >= 15 is 0 Å². The van der Waals surface area contributed by atoms with E-state index in [1.165, 1.54) is 12.8 Å². The first-order valence-electron chi connectivity index (χ1n) is 6.73. The molecule has 18 heavy (non-hydrogen) atoms. The van der Waals surface area contributed by atoms with E-state index in [1.54, 1.807) is 12.1 Å². The Hall–Kier alpha value is -0.730. The van der Waals surface area contributed by atoms with Gasteiger partial charge >= 0.3 is 0 Å². The number of rotatable bonds is 2. The maximum Gasteiger partial charge on any atom is 0.120 e. The molecule has 1 fully saturated rings. The van der Waals surface area contributed by atoms with Gasteiger partial charge in [-0.3, -0.25) is 4.90 Å². The number of halogens is 1. The molecular weight excluding hydrogens is 246 g/mol. The Kier molecular flexibility index (Phi) is 4.18. The van der Waals surface area contributed by atoms with Gasteiger partial charge in [-0.25, -0.2) is 0 Å². The van der Waals surface area contributed by atoms with E-state index in [1.807, 2.05) is 6.07 Å². The number of piperidine rings is 1. The number of hydrogen-bond donors (Lipinski definition) is 1. The second-order valence-corrected chi connectivity index (χ2v) is 6.04. The van der Waals surface area contributed by atoms with Crippen molar-refractivity contribution in [3.63, 3.8) is 0 Å². The molecule has 1 aromatic rings. The summed E-state index contributed by atoms with van der Waals surface area (Å²) in [5.74, 6) is 1.07. The highest BCUT2D eigenvalue weighted by Crippen LogP contribution is 2.35. The van der Waals surface area contributed by atoms with Crippen LogP contribution in [0.15, 0.2) is 18.2 Å². The summed E-state index contributed by atoms with van der Waals surface area (Å²) in [6.07, 6.45) is 2.53. The van der Waals surface area contributed by atoms with Crippen LogP contribution in [0.3, 0.4) is 0 Å². The Balaban J connectivity index is 2.23. The van der Waals surface area contributed by atoms with Crippen molar-refractivity contribution in [2.45, 2.75) is 45.7 Å². The number of hydrogen-bond acceptors (Lipinski definition) is 2. The van der Waals surface area contributed by atoms with Crippen LogP contribution in [0.2, 0.25) is 5.02 Å². The summed E-state index contributed by atoms with van der Waals surface area (Å²) >= 11 is 6.04. The van der Waals surface area contributed by atoms with Gasteiger partial charge in [-0.05, 0) is 50.8 Å². The number of phenols is 1. The van der Waals surface area contributed by atoms with Crippen LogP contribution in [-0.4, -0.2) is 22.6 Å². The summed E-state index contributed by atoms with van der Waals surface area (Å²) < 4.78 is 0. The normalized spacial score (nSPS) is 27.1. The zero-order valence-electron chi connectivity index (χ0n) is 11.4. The minimum atomic E-state index is 0.210. The van der Waals surface area contributed by atoms with Gasteiger partial charge in [0.15, 0.2) is 0 Å². The van der Waals surface area contributed by atoms with Crippen LogP contribution < -0.4 is 0 Å². The molecule has 1 N–H and O–H groups in total. The minimum absolute atomic E-state index is 0.210. The van der Waals surface area contributed by atoms with Gasteiger partial charge in [-0.2, -0.15) is 0 Å². The molecule has 1 aliphatic rings. The highest BCUT2D eigenvalue weighted by Gasteiger charge is 2.28. The monoisotopic (exact) mass is 267 g/mol. The highest BCUT2D eigenvalue weighted by molar-refractivity contribution is 6.30. The zero-order chi connectivity index (χ0) is 13.3. The number of aromatic hydroxyl groups is 1. The molecule has 0 amide bonds. The lowest BCUT2D eigenvalue weighted by Crippen LogP contribution is -2.42. The summed E-state index contributed by atoms with van der Waals surface area (Å²) in [5, 5.41) is 10.7. The maximum atomic E-state index is 10.0. The molecule has 1 aliphatic heterocycles. The summed E-state index contributed by atoms with van der Waals surface area (Å²) in [7, 11) is 0. The summed E-state index contributed by atoms with van der Waals surface area (Å²) in [6, 6.07) is 6.07. The molecule has 1 aromatic carbocycles. The van der Waals surface area contributed by atoms with Crippen molar-refractivity contribution in [3.8, 4) is 5.75 Å². The fourth-order valence-electron chi connectivity index (χ4n) is 2.90. The molecule has 2 rings (SSSR count). The number of nitrogens with zero attached hydrogens (tertiary/aromatic N) is 1. The van der Waals surface area contributed by atoms with Crippen molar-refractivity contribution >= 4 is 11.6 Å². The van der Waals surface area contributed by atoms with Gasteiger partial charge in [0.05, 0.1) is 0 Å². The molecule has 1 saturated heterocycles. The SMILES string of the molecule is CC1CCC(C)N(C(C)c2cc(Cl)ccc2O)C1. The van der Waals surface area contributed by atoms with Crippen molar-refractivity contribution in [3.05, 3.63) is 28.8 Å². The second-order valence-electron chi connectivity index (χ2n) is 5.61. The third-order valence-corrected chi connectivity index (χ3v) is 4.34. The Bertz CT molecular complexity index is 421. The first-order valence-corrected chi connectivity index (χ1v) is 7.11. The summed E-state index contributed by atoms with van der Waals surface area (Å²) in [6.45, 7) is 7.81. The molecule has 0 spiro atoms. The lowest BCUT2D eigenvalue weighted by molar-refractivity contribution is 0.0833. The van der Waals surface area contributed by atoms with E-state index in [2.05, 4.69) is 25.7 Å². The molecular formula is C15H22ClNO. The van der Waals surface area contributed by atoms with E-state index < -0.39 is 0 Å². The lowest BCUT2D eigenvalue weighted by atomic mass is 9.92. The average molecular weight is 268 g/mol. The van der Waals surface area contributed by atoms with Crippen LogP contribution in [0, 0.1) is 5.92 Å². The third kappa shape index (κ3) is 2.81. The van der Waals surface area contributed by atoms with Crippen molar-refractivity contribution in [1.82, 2.24) is 4.90 Å².